The van der Waals surface area contributed by atoms with Crippen molar-refractivity contribution in [3.8, 4) is 12.1 Å². The zero-order valence-electron chi connectivity index (χ0n) is 29.4. The summed E-state index contributed by atoms with van der Waals surface area (Å²) in [7, 11) is -8.75. The van der Waals surface area contributed by atoms with Gasteiger partial charge >= 0.3 is 154 Å². The fourth-order valence-electron chi connectivity index (χ4n) is 6.34. The van der Waals surface area contributed by atoms with Crippen molar-refractivity contribution in [3.63, 3.8) is 0 Å². The average Bonchev–Trinajstić information content (AvgIpc) is 3.43. The summed E-state index contributed by atoms with van der Waals surface area (Å²) in [6, 6.07) is 2.57. The van der Waals surface area contributed by atoms with Crippen LogP contribution in [-0.2, 0) is 34.4 Å². The van der Waals surface area contributed by atoms with Crippen LogP contribution >= 0.6 is 12.0 Å². The summed E-state index contributed by atoms with van der Waals surface area (Å²) in [5, 5.41) is 49.6. The minimum Gasteiger partial charge on any atom is -0.748 e. The zero-order valence-corrected chi connectivity index (χ0v) is 41.2. The van der Waals surface area contributed by atoms with Gasteiger partial charge in [0.1, 0.15) is 11.6 Å². The number of nitrogens with one attached hydrogen (secondary N) is 1. The maximum Gasteiger partial charge on any atom is 1.00 e. The summed E-state index contributed by atoms with van der Waals surface area (Å²) >= 11 is 0.773. The maximum absolute atomic E-state index is 12.2. The number of hydrogen-bond donors (Lipinski definition) is 1. The number of amides is 1. The van der Waals surface area contributed by atoms with Crippen molar-refractivity contribution in [3.05, 3.63) is 11.8 Å². The number of nitriles is 2. The van der Waals surface area contributed by atoms with Gasteiger partial charge in [0.2, 0.25) is 5.91 Å². The molecular formula is C27H39K3N8O10S3. The Kier molecular flexibility index (Phi) is 28.1. The van der Waals surface area contributed by atoms with Crippen molar-refractivity contribution in [2.24, 2.45) is 16.1 Å². The third kappa shape index (κ3) is 19.0. The molecule has 51 heavy (non-hydrogen) atoms. The van der Waals surface area contributed by atoms with Gasteiger partial charge in [0.25, 0.3) is 0 Å². The minimum atomic E-state index is -4.37. The van der Waals surface area contributed by atoms with Crippen molar-refractivity contribution >= 4 is 44.0 Å². The van der Waals surface area contributed by atoms with E-state index in [1.165, 1.54) is 17.8 Å². The molecule has 3 rings (SSSR count). The molecule has 18 nitrogen and oxygen atoms in total. The van der Waals surface area contributed by atoms with Gasteiger partial charge in [-0.2, -0.15) is 25.1 Å². The largest absolute Gasteiger partial charge is 1.00 e. The molecule has 2 aliphatic rings. The molecular weight excluding hydrogens is 810 g/mol. The Morgan fingerprint density at radius 3 is 2.22 bits per heavy atom. The molecule has 268 valence electrons. The van der Waals surface area contributed by atoms with Crippen molar-refractivity contribution < 1.29 is 200 Å². The number of hydrogen-bond acceptors (Lipinski definition) is 17. The number of carbonyl (C=O) groups excluding carboxylic acids is 1. The van der Waals surface area contributed by atoms with Gasteiger partial charge in [0.15, 0.2) is 5.82 Å². The molecule has 2 fully saturated rings. The van der Waals surface area contributed by atoms with Crippen LogP contribution in [0, 0.1) is 28.6 Å². The summed E-state index contributed by atoms with van der Waals surface area (Å²) < 4.78 is 72.5. The number of rotatable bonds is 18. The van der Waals surface area contributed by atoms with Gasteiger partial charge in [0.05, 0.1) is 61.8 Å². The molecule has 1 aromatic heterocycles. The van der Waals surface area contributed by atoms with Crippen LogP contribution in [0.2, 0.25) is 0 Å². The van der Waals surface area contributed by atoms with Crippen molar-refractivity contribution in [2.45, 2.75) is 101 Å². The predicted molar refractivity (Wildman–Crippen MR) is 165 cm³/mol. The van der Waals surface area contributed by atoms with Gasteiger partial charge in [-0.3, -0.25) is 9.83 Å². The number of aromatic nitrogens is 2. The number of carbonyl (C=O) groups is 1. The Hall–Kier alpha value is 2.18. The normalized spacial score (nSPS) is 23.7. The minimum absolute atomic E-state index is 0. The summed E-state index contributed by atoms with van der Waals surface area (Å²) in [5.74, 6) is -1.73. The van der Waals surface area contributed by atoms with Crippen molar-refractivity contribution in [2.75, 3.05) is 24.6 Å². The van der Waals surface area contributed by atoms with E-state index in [2.05, 4.69) is 41.0 Å². The van der Waals surface area contributed by atoms with Crippen LogP contribution in [0.25, 0.3) is 0 Å². The standard InChI is InChI=1S/C27H42N8O10S3.3K/c1-19(36)31-24-15-22(34(11-2-4-13-47(38,39)40)12-3-5-14-48(41,42)43)9-10-23(24)32-33-27-21(17-29)18-30-35(27)26-20(16-28)7-6-8-25(26)46-45-44-37;;;/h18,20,22-26,37H,2-15H2,1H3,(H,31,36)(H,38,39,40)(H,41,42,43);;;/q;3*+1/p-3. The summed E-state index contributed by atoms with van der Waals surface area (Å²) in [4.78, 5) is 14.3. The second-order valence-electron chi connectivity index (χ2n) is 11.9. The topological polar surface area (TPSA) is 278 Å². The molecule has 6 unspecified atom stereocenters. The molecule has 2 aliphatic carbocycles. The first-order valence-electron chi connectivity index (χ1n) is 15.5. The van der Waals surface area contributed by atoms with E-state index in [1.54, 1.807) is 0 Å². The first-order chi connectivity index (χ1) is 22.8. The van der Waals surface area contributed by atoms with Gasteiger partial charge in [-0.25, -0.2) is 21.5 Å². The van der Waals surface area contributed by atoms with E-state index in [0.717, 1.165) is 12.0 Å². The zero-order chi connectivity index (χ0) is 35.3. The molecule has 1 amide bonds. The van der Waals surface area contributed by atoms with Gasteiger partial charge in [-0.05, 0) is 70.9 Å². The number of unbranched alkanes of at least 4 members (excludes halogenated alkanes) is 2. The Bertz CT molecular complexity index is 1520. The summed E-state index contributed by atoms with van der Waals surface area (Å²) in [5.41, 5.74) is 0.113. The van der Waals surface area contributed by atoms with Crippen LogP contribution in [0.3, 0.4) is 0 Å². The van der Waals surface area contributed by atoms with Crippen LogP contribution in [0.5, 0.6) is 0 Å². The SMILES string of the molecule is CC(=O)NC1CC(N(CCCCS(=O)(=O)[O-])CCCCS(=O)(=O)[O-])CCC1N=Nc1c(C#N)cnn1C1C(C#N)CCCC1SOO[O-].[K+].[K+].[K+]. The van der Waals surface area contributed by atoms with Crippen LogP contribution in [0.4, 0.5) is 5.82 Å². The summed E-state index contributed by atoms with van der Waals surface area (Å²) in [6.45, 7) is 2.19. The fourth-order valence-corrected chi connectivity index (χ4v) is 8.27. The quantitative estimate of drug-likeness (QED) is 0.0273. The van der Waals surface area contributed by atoms with Crippen molar-refractivity contribution in [1.82, 2.24) is 20.0 Å². The maximum atomic E-state index is 12.2. The molecule has 0 aliphatic heterocycles. The Labute approximate surface area is 431 Å². The molecule has 0 spiro atoms. The monoisotopic (exact) mass is 848 g/mol. The molecule has 0 radical (unpaired) electrons. The smallest absolute Gasteiger partial charge is 0.748 e. The first kappa shape index (κ1) is 53.2. The van der Waals surface area contributed by atoms with E-state index in [-0.39, 0.29) is 190 Å². The molecule has 0 saturated heterocycles. The molecule has 1 heterocycles. The molecule has 24 heteroatoms. The Morgan fingerprint density at radius 2 is 1.69 bits per heavy atom. The summed E-state index contributed by atoms with van der Waals surface area (Å²) in [6.07, 6.45) is 5.68. The van der Waals surface area contributed by atoms with Crippen LogP contribution in [0.15, 0.2) is 16.4 Å². The predicted octanol–water partition coefficient (Wildman–Crippen LogP) is -7.67. The molecule has 0 bridgehead atoms. The third-order valence-electron chi connectivity index (χ3n) is 8.50. The Morgan fingerprint density at radius 1 is 1.06 bits per heavy atom. The van der Waals surface area contributed by atoms with Crippen LogP contribution in [-0.4, -0.2) is 94.5 Å². The van der Waals surface area contributed by atoms with Gasteiger partial charge in [0, 0.05) is 36.5 Å². The molecule has 2 saturated carbocycles. The number of nitrogens with zero attached hydrogens (tertiary/aromatic N) is 7. The van der Waals surface area contributed by atoms with Crippen molar-refractivity contribution in [1.29, 1.82) is 10.5 Å². The molecule has 1 aromatic rings. The van der Waals surface area contributed by atoms with E-state index >= 15 is 0 Å². The Balaban J connectivity index is 0.00000833. The van der Waals surface area contributed by atoms with Gasteiger partial charge < -0.3 is 24.6 Å². The third-order valence-corrected chi connectivity index (χ3v) is 11.0. The van der Waals surface area contributed by atoms with E-state index in [1.807, 2.05) is 6.07 Å². The molecule has 1 N–H and O–H groups in total. The van der Waals surface area contributed by atoms with E-state index in [9.17, 15) is 46.5 Å². The van der Waals surface area contributed by atoms with Crippen LogP contribution < -0.4 is 165 Å². The van der Waals surface area contributed by atoms with Crippen LogP contribution in [0.1, 0.15) is 82.7 Å². The average molecular weight is 849 g/mol. The van der Waals surface area contributed by atoms with E-state index in [0.29, 0.717) is 64.5 Å². The number of azo groups is 1. The fraction of sp³-hybridized carbons (Fsp3) is 0.778. The second-order valence-corrected chi connectivity index (χ2v) is 15.9. The first-order valence-corrected chi connectivity index (χ1v) is 19.5. The van der Waals surface area contributed by atoms with Gasteiger partial charge in [-0.15, -0.1) is 5.11 Å². The molecule has 6 atom stereocenters. The van der Waals surface area contributed by atoms with E-state index < -0.39 is 61.0 Å². The van der Waals surface area contributed by atoms with E-state index in [4.69, 9.17) is 0 Å². The second kappa shape index (κ2) is 27.0. The molecule has 0 aromatic carbocycles. The van der Waals surface area contributed by atoms with Gasteiger partial charge in [-0.1, -0.05) is 6.42 Å².